The molecule has 8 heteroatoms. The van der Waals surface area contributed by atoms with E-state index in [-0.39, 0.29) is 34.8 Å². The van der Waals surface area contributed by atoms with Crippen LogP contribution in [0.5, 0.6) is 5.75 Å². The summed E-state index contributed by atoms with van der Waals surface area (Å²) in [5.74, 6) is -2.20. The highest BCUT2D eigenvalue weighted by atomic mass is 35.5. The van der Waals surface area contributed by atoms with Crippen LogP contribution in [0.15, 0.2) is 18.2 Å². The SMILES string of the molecule is CCOC(=O)[C@@H]1CCCN(C(=O)COC(=O)c2ccc(Cl)cc2O)C1. The van der Waals surface area contributed by atoms with Gasteiger partial charge in [-0.15, -0.1) is 0 Å². The number of ether oxygens (including phenoxy) is 2. The van der Waals surface area contributed by atoms with Crippen LogP contribution in [-0.2, 0) is 19.1 Å². The molecule has 0 spiro atoms. The molecule has 0 bridgehead atoms. The summed E-state index contributed by atoms with van der Waals surface area (Å²) in [5.41, 5.74) is -0.0692. The lowest BCUT2D eigenvalue weighted by Crippen LogP contribution is -2.44. The van der Waals surface area contributed by atoms with Gasteiger partial charge < -0.3 is 19.5 Å². The van der Waals surface area contributed by atoms with Crippen molar-refractivity contribution >= 4 is 29.4 Å². The minimum atomic E-state index is -0.818. The second-order valence-corrected chi connectivity index (χ2v) is 6.10. The van der Waals surface area contributed by atoms with Crippen LogP contribution in [0, 0.1) is 5.92 Å². The molecule has 1 aromatic rings. The Labute approximate surface area is 150 Å². The largest absolute Gasteiger partial charge is 0.507 e. The number of esters is 2. The maximum atomic E-state index is 12.2. The van der Waals surface area contributed by atoms with Crippen molar-refractivity contribution in [3.05, 3.63) is 28.8 Å². The molecule has 0 aliphatic carbocycles. The summed E-state index contributed by atoms with van der Waals surface area (Å²) in [6.45, 7) is 2.32. The first kappa shape index (κ1) is 19.1. The van der Waals surface area contributed by atoms with E-state index in [0.29, 0.717) is 26.0 Å². The van der Waals surface area contributed by atoms with Crippen LogP contribution in [0.3, 0.4) is 0 Å². The smallest absolute Gasteiger partial charge is 0.342 e. The zero-order valence-corrected chi connectivity index (χ0v) is 14.6. The van der Waals surface area contributed by atoms with Crippen molar-refractivity contribution in [2.24, 2.45) is 5.92 Å². The first-order valence-electron chi connectivity index (χ1n) is 8.02. The fourth-order valence-corrected chi connectivity index (χ4v) is 2.80. The van der Waals surface area contributed by atoms with Gasteiger partial charge in [0.1, 0.15) is 11.3 Å². The highest BCUT2D eigenvalue weighted by molar-refractivity contribution is 6.30. The molecule has 0 aromatic heterocycles. The fourth-order valence-electron chi connectivity index (χ4n) is 2.63. The molecule has 1 N–H and O–H groups in total. The number of rotatable bonds is 5. The summed E-state index contributed by atoms with van der Waals surface area (Å²) in [4.78, 5) is 37.4. The molecule has 7 nitrogen and oxygen atoms in total. The summed E-state index contributed by atoms with van der Waals surface area (Å²) in [5, 5.41) is 9.97. The zero-order chi connectivity index (χ0) is 18.4. The molecule has 0 radical (unpaired) electrons. The van der Waals surface area contributed by atoms with Gasteiger partial charge in [-0.1, -0.05) is 11.6 Å². The predicted octanol–water partition coefficient (Wildman–Crippen LogP) is 2.00. The molecule has 1 aromatic carbocycles. The summed E-state index contributed by atoms with van der Waals surface area (Å²) < 4.78 is 9.95. The standard InChI is InChI=1S/C17H20ClNO6/c1-2-24-16(22)11-4-3-7-19(9-11)15(21)10-25-17(23)13-6-5-12(18)8-14(13)20/h5-6,8,11,20H,2-4,7,9-10H2,1H3/t11-/m1/s1. The monoisotopic (exact) mass is 369 g/mol. The van der Waals surface area contributed by atoms with Gasteiger partial charge in [0.25, 0.3) is 5.91 Å². The highest BCUT2D eigenvalue weighted by Crippen LogP contribution is 2.23. The van der Waals surface area contributed by atoms with E-state index in [4.69, 9.17) is 21.1 Å². The molecule has 1 atom stereocenters. The second kappa shape index (κ2) is 8.71. The van der Waals surface area contributed by atoms with Crippen LogP contribution in [0.25, 0.3) is 0 Å². The Hall–Kier alpha value is -2.28. The number of phenols is 1. The zero-order valence-electron chi connectivity index (χ0n) is 13.9. The maximum absolute atomic E-state index is 12.2. The van der Waals surface area contributed by atoms with E-state index in [1.54, 1.807) is 6.92 Å². The van der Waals surface area contributed by atoms with Gasteiger partial charge in [-0.25, -0.2) is 4.79 Å². The van der Waals surface area contributed by atoms with Gasteiger partial charge in [-0.2, -0.15) is 0 Å². The number of piperidine rings is 1. The highest BCUT2D eigenvalue weighted by Gasteiger charge is 2.29. The summed E-state index contributed by atoms with van der Waals surface area (Å²) in [6.07, 6.45) is 1.35. The summed E-state index contributed by atoms with van der Waals surface area (Å²) in [6, 6.07) is 3.98. The predicted molar refractivity (Wildman–Crippen MR) is 89.3 cm³/mol. The Bertz CT molecular complexity index is 663. The fraction of sp³-hybridized carbons (Fsp3) is 0.471. The van der Waals surface area contributed by atoms with Crippen LogP contribution in [-0.4, -0.2) is 54.2 Å². The number of carbonyl (C=O) groups is 3. The van der Waals surface area contributed by atoms with Gasteiger partial charge in [-0.3, -0.25) is 9.59 Å². The van der Waals surface area contributed by atoms with Crippen molar-refractivity contribution in [2.75, 3.05) is 26.3 Å². The van der Waals surface area contributed by atoms with Crippen molar-refractivity contribution < 1.29 is 29.0 Å². The summed E-state index contributed by atoms with van der Waals surface area (Å²) >= 11 is 5.70. The molecular weight excluding hydrogens is 350 g/mol. The van der Waals surface area contributed by atoms with Gasteiger partial charge in [0.15, 0.2) is 6.61 Å². The van der Waals surface area contributed by atoms with Crippen molar-refractivity contribution in [1.29, 1.82) is 0 Å². The van der Waals surface area contributed by atoms with Gasteiger partial charge >= 0.3 is 11.9 Å². The lowest BCUT2D eigenvalue weighted by atomic mass is 9.98. The molecule has 1 heterocycles. The molecule has 0 unspecified atom stereocenters. The minimum absolute atomic E-state index is 0.0692. The van der Waals surface area contributed by atoms with E-state index in [1.807, 2.05) is 0 Å². The number of benzene rings is 1. The topological polar surface area (TPSA) is 93.1 Å². The Kier molecular flexibility index (Phi) is 6.64. The Morgan fingerprint density at radius 2 is 2.08 bits per heavy atom. The lowest BCUT2D eigenvalue weighted by Gasteiger charge is -2.31. The molecule has 0 saturated carbocycles. The van der Waals surface area contributed by atoms with Crippen LogP contribution >= 0.6 is 11.6 Å². The van der Waals surface area contributed by atoms with Crippen LogP contribution in [0.1, 0.15) is 30.1 Å². The van der Waals surface area contributed by atoms with E-state index in [2.05, 4.69) is 0 Å². The van der Waals surface area contributed by atoms with Gasteiger partial charge in [-0.05, 0) is 38.0 Å². The molecule has 1 aliphatic heterocycles. The normalized spacial score (nSPS) is 17.0. The van der Waals surface area contributed by atoms with Crippen molar-refractivity contribution in [3.63, 3.8) is 0 Å². The number of hydrogen-bond donors (Lipinski definition) is 1. The van der Waals surface area contributed by atoms with Crippen LogP contribution < -0.4 is 0 Å². The number of nitrogens with zero attached hydrogens (tertiary/aromatic N) is 1. The van der Waals surface area contributed by atoms with E-state index in [9.17, 15) is 19.5 Å². The molecule has 1 saturated heterocycles. The van der Waals surface area contributed by atoms with Crippen molar-refractivity contribution in [2.45, 2.75) is 19.8 Å². The first-order valence-corrected chi connectivity index (χ1v) is 8.40. The number of likely N-dealkylation sites (tertiary alicyclic amines) is 1. The van der Waals surface area contributed by atoms with Crippen molar-refractivity contribution in [1.82, 2.24) is 4.90 Å². The lowest BCUT2D eigenvalue weighted by molar-refractivity contribution is -0.151. The molecule has 136 valence electrons. The number of halogens is 1. The molecule has 25 heavy (non-hydrogen) atoms. The van der Waals surface area contributed by atoms with Crippen molar-refractivity contribution in [3.8, 4) is 5.75 Å². The van der Waals surface area contributed by atoms with Gasteiger partial charge in [0.2, 0.25) is 0 Å². The van der Waals surface area contributed by atoms with Crippen LogP contribution in [0.4, 0.5) is 0 Å². The molecule has 1 amide bonds. The van der Waals surface area contributed by atoms with Gasteiger partial charge in [0, 0.05) is 18.1 Å². The number of carbonyl (C=O) groups excluding carboxylic acids is 3. The van der Waals surface area contributed by atoms with Crippen LogP contribution in [0.2, 0.25) is 5.02 Å². The average molecular weight is 370 g/mol. The third kappa shape index (κ3) is 5.09. The van der Waals surface area contributed by atoms with E-state index < -0.39 is 18.5 Å². The maximum Gasteiger partial charge on any atom is 0.342 e. The van der Waals surface area contributed by atoms with Gasteiger partial charge in [0.05, 0.1) is 12.5 Å². The van der Waals surface area contributed by atoms with E-state index in [1.165, 1.54) is 23.1 Å². The second-order valence-electron chi connectivity index (χ2n) is 5.67. The number of hydrogen-bond acceptors (Lipinski definition) is 6. The third-order valence-electron chi connectivity index (χ3n) is 3.90. The minimum Gasteiger partial charge on any atom is -0.507 e. The Balaban J connectivity index is 1.89. The molecule has 2 rings (SSSR count). The molecular formula is C17H20ClNO6. The number of phenolic OH excluding ortho intramolecular Hbond substituents is 1. The molecule has 1 fully saturated rings. The van der Waals surface area contributed by atoms with E-state index in [0.717, 1.165) is 0 Å². The number of amides is 1. The van der Waals surface area contributed by atoms with E-state index >= 15 is 0 Å². The third-order valence-corrected chi connectivity index (χ3v) is 4.14. The number of aromatic hydroxyl groups is 1. The first-order chi connectivity index (χ1) is 11.9. The quantitative estimate of drug-likeness (QED) is 0.798. The Morgan fingerprint density at radius 3 is 2.76 bits per heavy atom. The molecule has 1 aliphatic rings. The summed E-state index contributed by atoms with van der Waals surface area (Å²) in [7, 11) is 0. The average Bonchev–Trinajstić information content (AvgIpc) is 2.59. The Morgan fingerprint density at radius 1 is 1.32 bits per heavy atom.